The molecule has 5 aromatic heterocycles. The summed E-state index contributed by atoms with van der Waals surface area (Å²) in [7, 11) is 0. The third-order valence-corrected chi connectivity index (χ3v) is 9.03. The van der Waals surface area contributed by atoms with Crippen molar-refractivity contribution in [1.82, 2.24) is 0 Å². The van der Waals surface area contributed by atoms with Crippen LogP contribution in [0.3, 0.4) is 0 Å². The smallest absolute Gasteiger partial charge is 0.0587 e. The third kappa shape index (κ3) is 7.00. The second-order valence-corrected chi connectivity index (χ2v) is 12.3. The average molecular weight is 609 g/mol. The van der Waals surface area contributed by atoms with Crippen molar-refractivity contribution in [3.63, 3.8) is 0 Å². The van der Waals surface area contributed by atoms with Crippen molar-refractivity contribution in [3.05, 3.63) is 146 Å². The van der Waals surface area contributed by atoms with E-state index in [-0.39, 0.29) is 0 Å². The predicted octanol–water partition coefficient (Wildman–Crippen LogP) is 8.99. The van der Waals surface area contributed by atoms with Gasteiger partial charge in [0.1, 0.15) is 0 Å². The molecular weight excluding hydrogens is 593 g/mol. The molecule has 0 spiro atoms. The van der Waals surface area contributed by atoms with Gasteiger partial charge in [-0.05, 0) is 63.3 Å². The van der Waals surface area contributed by atoms with E-state index >= 15 is 0 Å². The molecule has 0 aliphatic carbocycles. The van der Waals surface area contributed by atoms with Gasteiger partial charge in [0.2, 0.25) is 0 Å². The summed E-state index contributed by atoms with van der Waals surface area (Å²) in [6.45, 7) is 0. The zero-order valence-corrected chi connectivity index (χ0v) is 25.4. The van der Waals surface area contributed by atoms with Gasteiger partial charge in [0, 0.05) is 65.8 Å². The first-order valence-electron chi connectivity index (χ1n) is 12.2. The Kier molecular flexibility index (Phi) is 8.64. The molecule has 0 amide bonds. The van der Waals surface area contributed by atoms with Gasteiger partial charge in [0.25, 0.3) is 0 Å². The summed E-state index contributed by atoms with van der Waals surface area (Å²) in [5.41, 5.74) is 8.61. The molecule has 0 saturated heterocycles. The lowest BCUT2D eigenvalue weighted by molar-refractivity contribution is 1.47. The third-order valence-electron chi connectivity index (χ3n) is 5.61. The molecule has 1 aromatic carbocycles. The maximum absolute atomic E-state index is 3.44. The standard InChI is InChI=1S/C36H16S5/c1(27-11-16-37-22-27)6-32-21-33(7-2-28-12-17-38-23-28)35(9-4-30-14-19-40-25-30)36(10-5-31-15-20-41-26-31)34(32)8-3-29-13-18-39-24-29/h11-26H. The van der Waals surface area contributed by atoms with Crippen LogP contribution in [0, 0.1) is 59.2 Å². The molecular formula is C36H16S5. The van der Waals surface area contributed by atoms with Gasteiger partial charge in [0.05, 0.1) is 16.7 Å². The Balaban J connectivity index is 1.65. The fourth-order valence-corrected chi connectivity index (χ4v) is 6.57. The molecule has 0 aliphatic rings. The minimum absolute atomic E-state index is 0.744. The van der Waals surface area contributed by atoms with Crippen LogP contribution in [0.4, 0.5) is 0 Å². The molecule has 0 radical (unpaired) electrons. The largest absolute Gasteiger partial charge is 0.151 e. The normalized spacial score (nSPS) is 9.46. The van der Waals surface area contributed by atoms with E-state index in [1.807, 2.05) is 90.2 Å². The zero-order valence-electron chi connectivity index (χ0n) is 21.3. The number of hydrogen-bond acceptors (Lipinski definition) is 5. The van der Waals surface area contributed by atoms with Crippen LogP contribution in [-0.2, 0) is 0 Å². The summed E-state index contributed by atoms with van der Waals surface area (Å²) in [5, 5.41) is 20.3. The minimum Gasteiger partial charge on any atom is -0.151 e. The quantitative estimate of drug-likeness (QED) is 0.151. The first-order chi connectivity index (χ1) is 20.3. The molecule has 0 nitrogen and oxygen atoms in total. The Hall–Kier alpha value is -4.48. The highest BCUT2D eigenvalue weighted by molar-refractivity contribution is 7.09. The molecule has 190 valence electrons. The van der Waals surface area contributed by atoms with E-state index < -0.39 is 0 Å². The van der Waals surface area contributed by atoms with Crippen molar-refractivity contribution in [2.24, 2.45) is 0 Å². The van der Waals surface area contributed by atoms with E-state index in [1.165, 1.54) is 0 Å². The molecule has 0 saturated carbocycles. The van der Waals surface area contributed by atoms with Crippen LogP contribution in [0.5, 0.6) is 0 Å². The molecule has 0 N–H and O–H groups in total. The van der Waals surface area contributed by atoms with E-state index in [2.05, 4.69) is 59.2 Å². The van der Waals surface area contributed by atoms with Gasteiger partial charge in [0.15, 0.2) is 0 Å². The lowest BCUT2D eigenvalue weighted by atomic mass is 9.91. The van der Waals surface area contributed by atoms with Crippen LogP contribution in [0.1, 0.15) is 55.6 Å². The van der Waals surface area contributed by atoms with E-state index in [4.69, 9.17) is 0 Å². The Morgan fingerprint density at radius 1 is 0.317 bits per heavy atom. The average Bonchev–Trinajstić information content (AvgIpc) is 3.82. The number of benzene rings is 1. The monoisotopic (exact) mass is 608 g/mol. The first-order valence-corrected chi connectivity index (χ1v) is 17.0. The highest BCUT2D eigenvalue weighted by atomic mass is 32.1. The Morgan fingerprint density at radius 3 is 0.902 bits per heavy atom. The highest BCUT2D eigenvalue weighted by Crippen LogP contribution is 2.24. The summed E-state index contributed by atoms with van der Waals surface area (Å²) in [4.78, 5) is 0. The molecule has 0 unspecified atom stereocenters. The van der Waals surface area contributed by atoms with Crippen molar-refractivity contribution < 1.29 is 0 Å². The van der Waals surface area contributed by atoms with Crippen LogP contribution < -0.4 is 0 Å². The maximum Gasteiger partial charge on any atom is 0.0587 e. The van der Waals surface area contributed by atoms with Crippen molar-refractivity contribution in [1.29, 1.82) is 0 Å². The van der Waals surface area contributed by atoms with Gasteiger partial charge in [-0.15, -0.1) is 0 Å². The Morgan fingerprint density at radius 2 is 0.610 bits per heavy atom. The summed E-state index contributed by atoms with van der Waals surface area (Å²) in [6.07, 6.45) is 0. The van der Waals surface area contributed by atoms with Crippen molar-refractivity contribution >= 4 is 56.7 Å². The van der Waals surface area contributed by atoms with E-state index in [9.17, 15) is 0 Å². The van der Waals surface area contributed by atoms with Crippen LogP contribution in [0.2, 0.25) is 0 Å². The fraction of sp³-hybridized carbons (Fsp3) is 0. The molecule has 0 bridgehead atoms. The Bertz CT molecular complexity index is 1950. The topological polar surface area (TPSA) is 0 Å². The molecule has 6 rings (SSSR count). The fourth-order valence-electron chi connectivity index (χ4n) is 3.63. The maximum atomic E-state index is 3.44. The van der Waals surface area contributed by atoms with Crippen molar-refractivity contribution in [3.8, 4) is 59.2 Å². The van der Waals surface area contributed by atoms with Crippen LogP contribution >= 0.6 is 56.7 Å². The molecule has 6 aromatic rings. The van der Waals surface area contributed by atoms with E-state index in [0.29, 0.717) is 0 Å². The Labute approximate surface area is 260 Å². The van der Waals surface area contributed by atoms with Crippen LogP contribution in [0.25, 0.3) is 0 Å². The summed E-state index contributed by atoms with van der Waals surface area (Å²) in [6, 6.07) is 12.1. The highest BCUT2D eigenvalue weighted by Gasteiger charge is 2.14. The second-order valence-electron chi connectivity index (χ2n) is 8.41. The summed E-state index contributed by atoms with van der Waals surface area (Å²) in [5.74, 6) is 33.7. The summed E-state index contributed by atoms with van der Waals surface area (Å²) >= 11 is 8.12. The molecule has 0 fully saturated rings. The van der Waals surface area contributed by atoms with Gasteiger partial charge in [-0.1, -0.05) is 59.2 Å². The van der Waals surface area contributed by atoms with E-state index in [1.54, 1.807) is 56.7 Å². The van der Waals surface area contributed by atoms with Crippen molar-refractivity contribution in [2.75, 3.05) is 0 Å². The van der Waals surface area contributed by atoms with Crippen LogP contribution in [-0.4, -0.2) is 0 Å². The van der Waals surface area contributed by atoms with E-state index in [0.717, 1.165) is 55.6 Å². The minimum atomic E-state index is 0.744. The second kappa shape index (κ2) is 13.2. The van der Waals surface area contributed by atoms with Crippen LogP contribution in [0.15, 0.2) is 90.2 Å². The number of thiophene rings is 5. The van der Waals surface area contributed by atoms with Gasteiger partial charge in [-0.2, -0.15) is 56.7 Å². The molecule has 0 aliphatic heterocycles. The number of hydrogen-bond donors (Lipinski definition) is 0. The van der Waals surface area contributed by atoms with Gasteiger partial charge in [-0.25, -0.2) is 0 Å². The first kappa shape index (κ1) is 26.7. The number of rotatable bonds is 0. The molecule has 5 heteroatoms. The van der Waals surface area contributed by atoms with Crippen molar-refractivity contribution in [2.45, 2.75) is 0 Å². The predicted molar refractivity (Wildman–Crippen MR) is 178 cm³/mol. The summed E-state index contributed by atoms with van der Waals surface area (Å²) < 4.78 is 0. The van der Waals surface area contributed by atoms with Gasteiger partial charge in [-0.3, -0.25) is 0 Å². The lowest BCUT2D eigenvalue weighted by Gasteiger charge is -2.08. The van der Waals surface area contributed by atoms with Gasteiger partial charge < -0.3 is 0 Å². The van der Waals surface area contributed by atoms with Gasteiger partial charge >= 0.3 is 0 Å². The SMILES string of the molecule is C(#Cc1cc(C#Cc2ccsc2)c(C#Cc2ccsc2)c(C#Cc2ccsc2)c1C#Cc1ccsc1)c1ccsc1. The molecule has 5 heterocycles. The molecule has 0 atom stereocenters. The molecule has 41 heavy (non-hydrogen) atoms. The lowest BCUT2D eigenvalue weighted by Crippen LogP contribution is -2.00. The zero-order chi connectivity index (χ0) is 27.7.